The van der Waals surface area contributed by atoms with E-state index in [0.29, 0.717) is 15.6 Å². The van der Waals surface area contributed by atoms with Crippen LogP contribution in [0.5, 0.6) is 0 Å². The van der Waals surface area contributed by atoms with Crippen LogP contribution in [0.4, 0.5) is 0 Å². The number of thioether (sulfide) groups is 2. The predicted molar refractivity (Wildman–Crippen MR) is 74.4 cm³/mol. The van der Waals surface area contributed by atoms with Gasteiger partial charge in [-0.3, -0.25) is 4.79 Å². The first-order chi connectivity index (χ1) is 7.68. The Bertz CT molecular complexity index is 403. The molecule has 0 amide bonds. The highest BCUT2D eigenvalue weighted by Crippen LogP contribution is 2.29. The van der Waals surface area contributed by atoms with Crippen LogP contribution in [0, 0.1) is 0 Å². The van der Waals surface area contributed by atoms with Crippen molar-refractivity contribution in [3.05, 3.63) is 33.8 Å². The molecule has 0 bridgehead atoms. The van der Waals surface area contributed by atoms with Crippen LogP contribution in [0.15, 0.2) is 18.2 Å². The van der Waals surface area contributed by atoms with Crippen LogP contribution in [0.1, 0.15) is 10.4 Å². The number of carbonyl (C=O) groups is 1. The molecule has 1 unspecified atom stereocenters. The van der Waals surface area contributed by atoms with Gasteiger partial charge in [0, 0.05) is 22.8 Å². The van der Waals surface area contributed by atoms with E-state index in [0.717, 1.165) is 17.3 Å². The lowest BCUT2D eigenvalue weighted by Crippen LogP contribution is -2.24. The van der Waals surface area contributed by atoms with Crippen molar-refractivity contribution in [3.8, 4) is 0 Å². The zero-order valence-electron chi connectivity index (χ0n) is 8.41. The monoisotopic (exact) mass is 292 g/mol. The van der Waals surface area contributed by atoms with E-state index in [2.05, 4.69) is 0 Å². The minimum atomic E-state index is 0.0657. The maximum atomic E-state index is 12.1. The molecule has 0 radical (unpaired) electrons. The lowest BCUT2D eigenvalue weighted by Gasteiger charge is -2.19. The zero-order chi connectivity index (χ0) is 11.5. The molecule has 0 spiro atoms. The molecule has 5 heteroatoms. The molecule has 0 saturated carbocycles. The molecule has 2 rings (SSSR count). The van der Waals surface area contributed by atoms with Crippen LogP contribution >= 0.6 is 46.7 Å². The Morgan fingerprint density at radius 1 is 1.25 bits per heavy atom. The highest BCUT2D eigenvalue weighted by molar-refractivity contribution is 8.07. The van der Waals surface area contributed by atoms with Gasteiger partial charge in [0.05, 0.1) is 15.3 Å². The Morgan fingerprint density at radius 2 is 2.06 bits per heavy atom. The number of hydrogen-bond acceptors (Lipinski definition) is 3. The van der Waals surface area contributed by atoms with Gasteiger partial charge in [0.25, 0.3) is 0 Å². The first-order valence-corrected chi connectivity index (χ1v) is 7.83. The molecule has 0 aliphatic carbocycles. The van der Waals surface area contributed by atoms with Crippen molar-refractivity contribution >= 4 is 52.5 Å². The second kappa shape index (κ2) is 5.67. The molecular formula is C11H10Cl2OS2. The largest absolute Gasteiger partial charge is 0.293 e. The first-order valence-electron chi connectivity index (χ1n) is 4.87. The van der Waals surface area contributed by atoms with E-state index < -0.39 is 0 Å². The summed E-state index contributed by atoms with van der Waals surface area (Å²) < 4.78 is 0. The maximum absolute atomic E-state index is 12.1. The highest BCUT2D eigenvalue weighted by atomic mass is 35.5. The minimum absolute atomic E-state index is 0.0657. The number of ketones is 1. The summed E-state index contributed by atoms with van der Waals surface area (Å²) in [5.74, 6) is 3.23. The van der Waals surface area contributed by atoms with E-state index in [4.69, 9.17) is 23.2 Å². The van der Waals surface area contributed by atoms with Crippen molar-refractivity contribution < 1.29 is 4.79 Å². The smallest absolute Gasteiger partial charge is 0.176 e. The summed E-state index contributed by atoms with van der Waals surface area (Å²) in [5, 5.41) is 1.00. The summed E-state index contributed by atoms with van der Waals surface area (Å²) in [6.45, 7) is 0. The predicted octanol–water partition coefficient (Wildman–Crippen LogP) is 4.02. The van der Waals surface area contributed by atoms with E-state index in [1.807, 2.05) is 11.8 Å². The van der Waals surface area contributed by atoms with E-state index in [9.17, 15) is 4.79 Å². The Labute approximate surface area is 113 Å². The molecule has 1 saturated heterocycles. The van der Waals surface area contributed by atoms with Gasteiger partial charge in [-0.25, -0.2) is 0 Å². The third-order valence-corrected chi connectivity index (χ3v) is 5.81. The zero-order valence-corrected chi connectivity index (χ0v) is 11.6. The van der Waals surface area contributed by atoms with E-state index >= 15 is 0 Å². The standard InChI is InChI=1S/C11H10Cl2OS2/c12-8-2-1-7(5-9(8)13)11(14)10-6-15-3-4-16-10/h1-2,5,10H,3-4,6H2. The average molecular weight is 293 g/mol. The molecule has 1 aromatic carbocycles. The fraction of sp³-hybridized carbons (Fsp3) is 0.364. The summed E-state index contributed by atoms with van der Waals surface area (Å²) in [6, 6.07) is 5.08. The van der Waals surface area contributed by atoms with Gasteiger partial charge in [-0.15, -0.1) is 11.8 Å². The Morgan fingerprint density at radius 3 is 2.69 bits per heavy atom. The molecule has 86 valence electrons. The first kappa shape index (κ1) is 12.6. The summed E-state index contributed by atoms with van der Waals surface area (Å²) in [4.78, 5) is 12.1. The number of rotatable bonds is 2. The van der Waals surface area contributed by atoms with Crippen LogP contribution in [0.3, 0.4) is 0 Å². The molecule has 1 aromatic rings. The van der Waals surface area contributed by atoms with Crippen molar-refractivity contribution in [1.29, 1.82) is 0 Å². The number of benzene rings is 1. The average Bonchev–Trinajstić information content (AvgIpc) is 2.33. The van der Waals surface area contributed by atoms with Crippen molar-refractivity contribution in [2.45, 2.75) is 5.25 Å². The van der Waals surface area contributed by atoms with Gasteiger partial charge in [0.1, 0.15) is 0 Å². The van der Waals surface area contributed by atoms with Crippen molar-refractivity contribution in [1.82, 2.24) is 0 Å². The normalized spacial score (nSPS) is 20.8. The van der Waals surface area contributed by atoms with Gasteiger partial charge < -0.3 is 0 Å². The van der Waals surface area contributed by atoms with Crippen molar-refractivity contribution in [2.75, 3.05) is 17.3 Å². The lowest BCUT2D eigenvalue weighted by atomic mass is 10.1. The van der Waals surface area contributed by atoms with Gasteiger partial charge in [-0.2, -0.15) is 11.8 Å². The number of hydrogen-bond donors (Lipinski definition) is 0. The van der Waals surface area contributed by atoms with Crippen LogP contribution in [-0.4, -0.2) is 28.3 Å². The Kier molecular flexibility index (Phi) is 4.48. The number of carbonyl (C=O) groups excluding carboxylic acids is 1. The summed E-state index contributed by atoms with van der Waals surface area (Å²) in [5.41, 5.74) is 0.661. The van der Waals surface area contributed by atoms with Crippen LogP contribution in [-0.2, 0) is 0 Å². The van der Waals surface area contributed by atoms with E-state index in [-0.39, 0.29) is 11.0 Å². The molecular weight excluding hydrogens is 283 g/mol. The van der Waals surface area contributed by atoms with Gasteiger partial charge >= 0.3 is 0 Å². The van der Waals surface area contributed by atoms with Crippen LogP contribution in [0.2, 0.25) is 10.0 Å². The minimum Gasteiger partial charge on any atom is -0.293 e. The summed E-state index contributed by atoms with van der Waals surface area (Å²) in [6.07, 6.45) is 0. The molecule has 0 N–H and O–H groups in total. The number of halogens is 2. The van der Waals surface area contributed by atoms with Gasteiger partial charge in [0.15, 0.2) is 5.78 Å². The topological polar surface area (TPSA) is 17.1 Å². The highest BCUT2D eigenvalue weighted by Gasteiger charge is 2.23. The van der Waals surface area contributed by atoms with Gasteiger partial charge in [-0.1, -0.05) is 23.2 Å². The molecule has 1 heterocycles. The van der Waals surface area contributed by atoms with Crippen LogP contribution < -0.4 is 0 Å². The van der Waals surface area contributed by atoms with Crippen LogP contribution in [0.25, 0.3) is 0 Å². The molecule has 1 nitrogen and oxygen atoms in total. The molecule has 0 aromatic heterocycles. The second-order valence-electron chi connectivity index (χ2n) is 3.43. The summed E-state index contributed by atoms with van der Waals surface area (Å²) in [7, 11) is 0. The summed E-state index contributed by atoms with van der Waals surface area (Å²) >= 11 is 15.3. The Balaban J connectivity index is 2.16. The third kappa shape index (κ3) is 2.89. The van der Waals surface area contributed by atoms with Crippen molar-refractivity contribution in [2.24, 2.45) is 0 Å². The fourth-order valence-corrected chi connectivity index (χ4v) is 4.41. The molecule has 1 aliphatic rings. The second-order valence-corrected chi connectivity index (χ2v) is 6.70. The third-order valence-electron chi connectivity index (χ3n) is 2.31. The molecule has 1 aliphatic heterocycles. The molecule has 1 fully saturated rings. The lowest BCUT2D eigenvalue weighted by molar-refractivity contribution is 0.0995. The van der Waals surface area contributed by atoms with Crippen molar-refractivity contribution in [3.63, 3.8) is 0 Å². The number of Topliss-reactive ketones (excluding diaryl/α,β-unsaturated/α-hetero) is 1. The molecule has 16 heavy (non-hydrogen) atoms. The maximum Gasteiger partial charge on any atom is 0.176 e. The van der Waals surface area contributed by atoms with Gasteiger partial charge in [-0.05, 0) is 18.2 Å². The molecule has 1 atom stereocenters. The van der Waals surface area contributed by atoms with E-state index in [1.165, 1.54) is 0 Å². The fourth-order valence-electron chi connectivity index (χ4n) is 1.47. The Hall–Kier alpha value is 0.170. The van der Waals surface area contributed by atoms with E-state index in [1.54, 1.807) is 30.0 Å². The SMILES string of the molecule is O=C(c1ccc(Cl)c(Cl)c1)C1CSCCS1. The van der Waals surface area contributed by atoms with Gasteiger partial charge in [0.2, 0.25) is 0 Å². The quantitative estimate of drug-likeness (QED) is 0.766.